The van der Waals surface area contributed by atoms with Gasteiger partial charge in [-0.05, 0) is 48.2 Å². The van der Waals surface area contributed by atoms with Gasteiger partial charge in [0.2, 0.25) is 0 Å². The number of carbonyl (C=O) groups excluding carboxylic acids is 2. The lowest BCUT2D eigenvalue weighted by Gasteiger charge is -2.08. The number of aryl methyl sites for hydroxylation is 1. The molecule has 6 heteroatoms. The quantitative estimate of drug-likeness (QED) is 0.689. The van der Waals surface area contributed by atoms with Gasteiger partial charge in [0.1, 0.15) is 4.88 Å². The number of benzene rings is 2. The second kappa shape index (κ2) is 7.03. The van der Waals surface area contributed by atoms with Crippen LogP contribution in [0.4, 0.5) is 5.69 Å². The van der Waals surface area contributed by atoms with Crippen LogP contribution in [0.5, 0.6) is 0 Å². The Morgan fingerprint density at radius 2 is 1.96 bits per heavy atom. The maximum absolute atomic E-state index is 12.1. The molecule has 122 valence electrons. The van der Waals surface area contributed by atoms with E-state index in [0.717, 1.165) is 15.6 Å². The third kappa shape index (κ3) is 3.75. The Labute approximate surface area is 148 Å². The number of anilines is 1. The number of halogens is 1. The van der Waals surface area contributed by atoms with Crippen molar-refractivity contribution in [3.05, 3.63) is 64.0 Å². The van der Waals surface area contributed by atoms with Gasteiger partial charge in [0, 0.05) is 15.4 Å². The standard InChI is InChI=1S/C18H14ClNO3S/c1-11-8-13(19)6-7-14(11)20-17(21)10-23-18(22)16-9-12-4-2-3-5-15(12)24-16/h2-9H,10H2,1H3,(H,20,21). The number of nitrogens with one attached hydrogen (secondary N) is 1. The van der Waals surface area contributed by atoms with Gasteiger partial charge in [-0.3, -0.25) is 4.79 Å². The molecule has 0 aliphatic rings. The maximum atomic E-state index is 12.1. The number of rotatable bonds is 4. The molecule has 0 aliphatic carbocycles. The molecule has 0 spiro atoms. The molecule has 0 saturated heterocycles. The van der Waals surface area contributed by atoms with Crippen LogP contribution < -0.4 is 5.32 Å². The van der Waals surface area contributed by atoms with Crippen LogP contribution in [0.1, 0.15) is 15.2 Å². The largest absolute Gasteiger partial charge is 0.451 e. The Kier molecular flexibility index (Phi) is 4.83. The van der Waals surface area contributed by atoms with Crippen molar-refractivity contribution in [3.8, 4) is 0 Å². The molecule has 0 bridgehead atoms. The molecular formula is C18H14ClNO3S. The third-order valence-corrected chi connectivity index (χ3v) is 4.75. The molecule has 3 aromatic rings. The number of hydrogen-bond acceptors (Lipinski definition) is 4. The van der Waals surface area contributed by atoms with Gasteiger partial charge in [0.05, 0.1) is 0 Å². The summed E-state index contributed by atoms with van der Waals surface area (Å²) in [6.45, 7) is 1.50. The Morgan fingerprint density at radius 1 is 1.17 bits per heavy atom. The van der Waals surface area contributed by atoms with Gasteiger partial charge in [-0.2, -0.15) is 0 Å². The predicted octanol–water partition coefficient (Wildman–Crippen LogP) is 4.66. The summed E-state index contributed by atoms with van der Waals surface area (Å²) in [5.41, 5.74) is 1.48. The molecule has 0 radical (unpaired) electrons. The zero-order valence-corrected chi connectivity index (χ0v) is 14.4. The minimum Gasteiger partial charge on any atom is -0.451 e. The number of hydrogen-bond donors (Lipinski definition) is 1. The van der Waals surface area contributed by atoms with E-state index in [0.29, 0.717) is 15.6 Å². The number of thiophene rings is 1. The topological polar surface area (TPSA) is 55.4 Å². The lowest BCUT2D eigenvalue weighted by molar-refractivity contribution is -0.119. The fourth-order valence-electron chi connectivity index (χ4n) is 2.24. The molecule has 0 aliphatic heterocycles. The number of carbonyl (C=O) groups is 2. The van der Waals surface area contributed by atoms with E-state index in [-0.39, 0.29) is 6.61 Å². The molecule has 4 nitrogen and oxygen atoms in total. The SMILES string of the molecule is Cc1cc(Cl)ccc1NC(=O)COC(=O)c1cc2ccccc2s1. The van der Waals surface area contributed by atoms with Crippen molar-refractivity contribution in [1.29, 1.82) is 0 Å². The number of amides is 1. The normalized spacial score (nSPS) is 10.6. The van der Waals surface area contributed by atoms with Gasteiger partial charge < -0.3 is 10.1 Å². The molecule has 1 N–H and O–H groups in total. The molecule has 0 saturated carbocycles. The average Bonchev–Trinajstić information content (AvgIpc) is 2.99. The van der Waals surface area contributed by atoms with Crippen LogP contribution in [0, 0.1) is 6.92 Å². The fourth-order valence-corrected chi connectivity index (χ4v) is 3.42. The van der Waals surface area contributed by atoms with Crippen molar-refractivity contribution < 1.29 is 14.3 Å². The first-order chi connectivity index (χ1) is 11.5. The van der Waals surface area contributed by atoms with Crippen LogP contribution in [0.2, 0.25) is 5.02 Å². The van der Waals surface area contributed by atoms with E-state index < -0.39 is 11.9 Å². The highest BCUT2D eigenvalue weighted by Gasteiger charge is 2.14. The van der Waals surface area contributed by atoms with E-state index in [1.807, 2.05) is 31.2 Å². The molecule has 0 fully saturated rings. The molecule has 24 heavy (non-hydrogen) atoms. The van der Waals surface area contributed by atoms with Gasteiger partial charge in [0.15, 0.2) is 6.61 Å². The fraction of sp³-hybridized carbons (Fsp3) is 0.111. The Hall–Kier alpha value is -2.37. The Morgan fingerprint density at radius 3 is 2.71 bits per heavy atom. The first kappa shape index (κ1) is 16.5. The molecule has 2 aromatic carbocycles. The van der Waals surface area contributed by atoms with E-state index in [9.17, 15) is 9.59 Å². The van der Waals surface area contributed by atoms with Crippen molar-refractivity contribution in [2.45, 2.75) is 6.92 Å². The second-order valence-corrected chi connectivity index (χ2v) is 6.75. The number of ether oxygens (including phenoxy) is 1. The highest BCUT2D eigenvalue weighted by atomic mass is 35.5. The van der Waals surface area contributed by atoms with Crippen LogP contribution in [-0.2, 0) is 9.53 Å². The molecule has 1 amide bonds. The van der Waals surface area contributed by atoms with Crippen molar-refractivity contribution in [2.24, 2.45) is 0 Å². The van der Waals surface area contributed by atoms with Crippen LogP contribution in [0.3, 0.4) is 0 Å². The van der Waals surface area contributed by atoms with E-state index in [1.165, 1.54) is 11.3 Å². The van der Waals surface area contributed by atoms with Crippen molar-refractivity contribution in [3.63, 3.8) is 0 Å². The number of esters is 1. The highest BCUT2D eigenvalue weighted by Crippen LogP contribution is 2.25. The van der Waals surface area contributed by atoms with Crippen molar-refractivity contribution in [1.82, 2.24) is 0 Å². The van der Waals surface area contributed by atoms with Crippen LogP contribution in [0.25, 0.3) is 10.1 Å². The summed E-state index contributed by atoms with van der Waals surface area (Å²) in [5.74, 6) is -0.894. The summed E-state index contributed by atoms with van der Waals surface area (Å²) in [7, 11) is 0. The van der Waals surface area contributed by atoms with Gasteiger partial charge in [-0.1, -0.05) is 29.8 Å². The highest BCUT2D eigenvalue weighted by molar-refractivity contribution is 7.20. The zero-order valence-electron chi connectivity index (χ0n) is 12.8. The summed E-state index contributed by atoms with van der Waals surface area (Å²) in [5, 5.41) is 4.28. The van der Waals surface area contributed by atoms with E-state index in [4.69, 9.17) is 16.3 Å². The third-order valence-electron chi connectivity index (χ3n) is 3.42. The minimum atomic E-state index is -0.501. The predicted molar refractivity (Wildman–Crippen MR) is 96.9 cm³/mol. The van der Waals surface area contributed by atoms with Gasteiger partial charge >= 0.3 is 5.97 Å². The molecule has 1 heterocycles. The van der Waals surface area contributed by atoms with Crippen LogP contribution in [0.15, 0.2) is 48.5 Å². The molecular weight excluding hydrogens is 346 g/mol. The minimum absolute atomic E-state index is 0.338. The Bertz CT molecular complexity index is 887. The van der Waals surface area contributed by atoms with Crippen LogP contribution in [-0.4, -0.2) is 18.5 Å². The second-order valence-electron chi connectivity index (χ2n) is 5.23. The summed E-state index contributed by atoms with van der Waals surface area (Å²) >= 11 is 7.22. The van der Waals surface area contributed by atoms with Crippen LogP contribution >= 0.6 is 22.9 Å². The molecule has 0 unspecified atom stereocenters. The van der Waals surface area contributed by atoms with E-state index in [2.05, 4.69) is 5.32 Å². The monoisotopic (exact) mass is 359 g/mol. The first-order valence-electron chi connectivity index (χ1n) is 7.24. The lowest BCUT2D eigenvalue weighted by Crippen LogP contribution is -2.21. The summed E-state index contributed by atoms with van der Waals surface area (Å²) in [6, 6.07) is 14.6. The number of fused-ring (bicyclic) bond motifs is 1. The Balaban J connectivity index is 1.60. The van der Waals surface area contributed by atoms with E-state index >= 15 is 0 Å². The maximum Gasteiger partial charge on any atom is 0.348 e. The van der Waals surface area contributed by atoms with Crippen molar-refractivity contribution in [2.75, 3.05) is 11.9 Å². The first-order valence-corrected chi connectivity index (χ1v) is 8.44. The van der Waals surface area contributed by atoms with Gasteiger partial charge in [-0.25, -0.2) is 4.79 Å². The molecule has 0 atom stereocenters. The lowest BCUT2D eigenvalue weighted by atomic mass is 10.2. The zero-order chi connectivity index (χ0) is 17.1. The summed E-state index contributed by atoms with van der Waals surface area (Å²) in [4.78, 5) is 24.5. The smallest absolute Gasteiger partial charge is 0.348 e. The average molecular weight is 360 g/mol. The van der Waals surface area contributed by atoms with Crippen molar-refractivity contribution >= 4 is 50.6 Å². The summed E-state index contributed by atoms with van der Waals surface area (Å²) in [6.07, 6.45) is 0. The van der Waals surface area contributed by atoms with E-state index in [1.54, 1.807) is 24.3 Å². The van der Waals surface area contributed by atoms with Gasteiger partial charge in [-0.15, -0.1) is 11.3 Å². The molecule has 1 aromatic heterocycles. The summed E-state index contributed by atoms with van der Waals surface area (Å²) < 4.78 is 6.09. The molecule has 3 rings (SSSR count). The van der Waals surface area contributed by atoms with Gasteiger partial charge in [0.25, 0.3) is 5.91 Å².